The first kappa shape index (κ1) is 44.3. The van der Waals surface area contributed by atoms with E-state index in [1.165, 1.54) is 4.90 Å². The second-order valence-corrected chi connectivity index (χ2v) is 20.5. The maximum absolute atomic E-state index is 15.3. The first-order valence-electron chi connectivity index (χ1n) is 21.2. The van der Waals surface area contributed by atoms with Gasteiger partial charge in [0.25, 0.3) is 12.3 Å². The van der Waals surface area contributed by atoms with Crippen molar-refractivity contribution in [1.82, 2.24) is 24.8 Å². The number of hydrogen-bond donors (Lipinski definition) is 3. The molecule has 2 aromatic rings. The number of carboxylic acid groups (broad SMARTS) is 1. The molecule has 0 spiro atoms. The highest BCUT2D eigenvalue weighted by molar-refractivity contribution is 7.91. The van der Waals surface area contributed by atoms with Crippen molar-refractivity contribution in [3.63, 3.8) is 0 Å². The zero-order valence-electron chi connectivity index (χ0n) is 35.5. The van der Waals surface area contributed by atoms with Crippen LogP contribution in [0.4, 0.5) is 13.6 Å². The highest BCUT2D eigenvalue weighted by Gasteiger charge is 2.63. The molecule has 3 fully saturated rings. The average molecular weight is 874 g/mol. The van der Waals surface area contributed by atoms with Crippen LogP contribution in [0.15, 0.2) is 30.4 Å². The molecule has 1 aromatic carbocycles. The first-order chi connectivity index (χ1) is 28.8. The van der Waals surface area contributed by atoms with Gasteiger partial charge in [0.1, 0.15) is 35.0 Å². The Morgan fingerprint density at radius 3 is 2.59 bits per heavy atom. The van der Waals surface area contributed by atoms with Gasteiger partial charge in [0.2, 0.25) is 33.6 Å². The second-order valence-electron chi connectivity index (χ2n) is 18.3. The Kier molecular flexibility index (Phi) is 12.0. The molecule has 0 radical (unpaired) electrons. The number of ether oxygens (including phenoxy) is 3. The van der Waals surface area contributed by atoms with Gasteiger partial charge >= 0.3 is 6.09 Å². The van der Waals surface area contributed by atoms with Crippen molar-refractivity contribution >= 4 is 44.6 Å². The van der Waals surface area contributed by atoms with Crippen LogP contribution in [0, 0.1) is 17.8 Å². The number of fused-ring (bicyclic) bond motifs is 5. The number of hydrogen-bond acceptors (Lipinski definition) is 10. The lowest BCUT2D eigenvalue weighted by atomic mass is 9.82. The van der Waals surface area contributed by atoms with E-state index in [1.54, 1.807) is 39.2 Å². The van der Waals surface area contributed by atoms with E-state index < -0.39 is 86.1 Å². The van der Waals surface area contributed by atoms with Crippen molar-refractivity contribution < 1.29 is 55.7 Å². The summed E-state index contributed by atoms with van der Waals surface area (Å²) in [7, 11) is -2.55. The van der Waals surface area contributed by atoms with Crippen LogP contribution < -0.4 is 24.2 Å². The minimum absolute atomic E-state index is 0.0911. The molecule has 5 aliphatic rings. The van der Waals surface area contributed by atoms with E-state index in [0.717, 1.165) is 31.2 Å². The van der Waals surface area contributed by atoms with E-state index in [0.29, 0.717) is 67.0 Å². The molecule has 18 heteroatoms. The molecule has 3 N–H and O–H groups in total. The van der Waals surface area contributed by atoms with Crippen molar-refractivity contribution in [2.75, 3.05) is 20.3 Å². The van der Waals surface area contributed by atoms with Crippen molar-refractivity contribution in [2.24, 2.45) is 17.8 Å². The van der Waals surface area contributed by atoms with E-state index >= 15 is 4.79 Å². The number of amides is 4. The summed E-state index contributed by atoms with van der Waals surface area (Å²) in [5.74, 6) is -2.83. The van der Waals surface area contributed by atoms with Gasteiger partial charge in [-0.25, -0.2) is 22.0 Å². The van der Waals surface area contributed by atoms with Gasteiger partial charge in [0, 0.05) is 23.3 Å². The summed E-state index contributed by atoms with van der Waals surface area (Å²) in [5.41, 5.74) is -3.12. The van der Waals surface area contributed by atoms with Crippen LogP contribution >= 0.6 is 0 Å². The smallest absolute Gasteiger partial charge is 0.408 e. The molecule has 1 saturated heterocycles. The predicted molar refractivity (Wildman–Crippen MR) is 220 cm³/mol. The van der Waals surface area contributed by atoms with E-state index in [2.05, 4.69) is 10.0 Å². The van der Waals surface area contributed by atoms with E-state index in [1.807, 2.05) is 19.1 Å². The number of pyridine rings is 1. The number of benzene rings is 1. The molecule has 4 heterocycles. The number of methoxy groups -OCH3 is 1. The molecular formula is C43H57F2N5O10S. The lowest BCUT2D eigenvalue weighted by molar-refractivity contribution is -0.149. The topological polar surface area (TPSA) is 194 Å². The lowest BCUT2D eigenvalue weighted by Crippen LogP contribution is -2.65. The number of alkyl halides is 2. The van der Waals surface area contributed by atoms with Crippen LogP contribution in [0.1, 0.15) is 98.0 Å². The maximum Gasteiger partial charge on any atom is 0.408 e. The summed E-state index contributed by atoms with van der Waals surface area (Å²) in [5, 5.41) is 14.9. The fourth-order valence-corrected chi connectivity index (χ4v) is 10.5. The van der Waals surface area contributed by atoms with Crippen LogP contribution in [-0.2, 0) is 30.8 Å². The first-order valence-corrected chi connectivity index (χ1v) is 22.7. The summed E-state index contributed by atoms with van der Waals surface area (Å²) >= 11 is 0. The van der Waals surface area contributed by atoms with E-state index in [9.17, 15) is 36.7 Å². The van der Waals surface area contributed by atoms with Gasteiger partial charge in [0.15, 0.2) is 0 Å². The predicted octanol–water partition coefficient (Wildman–Crippen LogP) is 5.58. The largest absolute Gasteiger partial charge is 0.497 e. The van der Waals surface area contributed by atoms with Gasteiger partial charge in [0.05, 0.1) is 25.0 Å². The number of sulfonamides is 1. The normalized spacial score (nSPS) is 29.4. The number of nitrogens with one attached hydrogen (secondary N) is 2. The quantitative estimate of drug-likeness (QED) is 0.252. The molecule has 3 aliphatic heterocycles. The van der Waals surface area contributed by atoms with Crippen molar-refractivity contribution in [3.05, 3.63) is 35.9 Å². The second kappa shape index (κ2) is 16.5. The number of rotatable bonds is 10. The van der Waals surface area contributed by atoms with Crippen molar-refractivity contribution in [2.45, 2.75) is 139 Å². The third kappa shape index (κ3) is 8.32. The number of allylic oxidation sites excluding steroid dienone is 1. The molecule has 4 amide bonds. The van der Waals surface area contributed by atoms with Crippen molar-refractivity contribution in [3.8, 4) is 17.5 Å². The Labute approximate surface area is 355 Å². The van der Waals surface area contributed by atoms with Gasteiger partial charge in [-0.2, -0.15) is 4.98 Å². The Bertz CT molecular complexity index is 2220. The standard InChI is InChI=1S/C43H57F2N5O10S/c1-7-25-19-24(2)11-8-9-12-26-22-43(26,39(53)48-61(56,57)42(5)16-17-42)47-34(51)32-21-28(23-49(32)37(52)33(25)50(40(54)55)41(3,4)38(44)45)60-36-30-15-14-27(58-6)20-31(30)29-13-10-18-59-35(29)46-36/h9,12,14-15,20,24-26,28,32-33,38H,7-8,10-11,13,16-19,21-23H2,1-6H3,(H,47,51)(H,48,53)(H,54,55)/b12-9-/t24-,25+,26+,28+,32-,33-,43+/m0/s1. The van der Waals surface area contributed by atoms with Crippen molar-refractivity contribution in [1.29, 1.82) is 0 Å². The van der Waals surface area contributed by atoms with Gasteiger partial charge in [-0.3, -0.25) is 24.0 Å². The fraction of sp³-hybridized carbons (Fsp3) is 0.651. The minimum Gasteiger partial charge on any atom is -0.497 e. The van der Waals surface area contributed by atoms with E-state index in [4.69, 9.17) is 19.2 Å². The van der Waals surface area contributed by atoms with Gasteiger partial charge in [-0.05, 0) is 108 Å². The van der Waals surface area contributed by atoms with Crippen LogP contribution in [0.2, 0.25) is 0 Å². The molecule has 61 heavy (non-hydrogen) atoms. The Morgan fingerprint density at radius 2 is 1.93 bits per heavy atom. The summed E-state index contributed by atoms with van der Waals surface area (Å²) < 4.78 is 75.4. The van der Waals surface area contributed by atoms with Crippen LogP contribution in [0.3, 0.4) is 0 Å². The summed E-state index contributed by atoms with van der Waals surface area (Å²) in [6, 6.07) is 2.36. The molecule has 1 aromatic heterocycles. The molecule has 7 atom stereocenters. The molecule has 7 rings (SSSR count). The third-order valence-electron chi connectivity index (χ3n) is 13.5. The molecule has 15 nitrogen and oxygen atoms in total. The molecule has 0 bridgehead atoms. The maximum atomic E-state index is 15.3. The zero-order valence-corrected chi connectivity index (χ0v) is 36.4. The molecule has 334 valence electrons. The Morgan fingerprint density at radius 1 is 1.20 bits per heavy atom. The molecular weight excluding hydrogens is 817 g/mol. The molecule has 0 unspecified atom stereocenters. The highest BCUT2D eigenvalue weighted by Crippen LogP contribution is 2.48. The van der Waals surface area contributed by atoms with Crippen LogP contribution in [0.25, 0.3) is 10.8 Å². The number of halogens is 2. The number of carbonyl (C=O) groups is 4. The lowest BCUT2D eigenvalue weighted by Gasteiger charge is -2.45. The zero-order chi connectivity index (χ0) is 44.2. The number of aryl methyl sites for hydroxylation is 1. The monoisotopic (exact) mass is 873 g/mol. The SMILES string of the molecule is CC[C@@H]1C[C@@H](C)CC/C=C\[C@@H]2C[C@@]2(C(=O)NS(=O)(=O)C2(C)CC2)NC(=O)[C@@H]2C[C@@H](Oc3nc4c(c5cc(OC)ccc35)CCCO4)CN2C(=O)[C@H]1N(C(=O)O)C(C)(C)C(F)F. The summed E-state index contributed by atoms with van der Waals surface area (Å²) in [4.78, 5) is 63.7. The summed E-state index contributed by atoms with van der Waals surface area (Å²) in [6.07, 6.45) is 1.67. The highest BCUT2D eigenvalue weighted by atomic mass is 32.2. The van der Waals surface area contributed by atoms with E-state index in [-0.39, 0.29) is 37.6 Å². The summed E-state index contributed by atoms with van der Waals surface area (Å²) in [6.45, 7) is 7.58. The van der Waals surface area contributed by atoms with Crippen LogP contribution in [-0.4, -0.2) is 113 Å². The van der Waals surface area contributed by atoms with Crippen LogP contribution in [0.5, 0.6) is 17.5 Å². The minimum atomic E-state index is -4.10. The van der Waals surface area contributed by atoms with Gasteiger partial charge < -0.3 is 29.5 Å². The number of nitrogens with zero attached hydrogens (tertiary/aromatic N) is 3. The fourth-order valence-electron chi connectivity index (χ4n) is 9.21. The Balaban J connectivity index is 1.31. The van der Waals surface area contributed by atoms with Gasteiger partial charge in [-0.15, -0.1) is 0 Å². The molecule has 2 aliphatic carbocycles. The number of carbonyl (C=O) groups excluding carboxylic acids is 3. The third-order valence-corrected chi connectivity index (χ3v) is 15.7. The Hall–Kier alpha value is -4.74. The number of aromatic nitrogens is 1. The molecule has 2 saturated carbocycles. The van der Waals surface area contributed by atoms with Gasteiger partial charge in [-0.1, -0.05) is 32.4 Å². The average Bonchev–Trinajstić information content (AvgIpc) is 4.10.